The minimum Gasteiger partial charge on any atom is -0.386 e. The molecule has 80 valence electrons. The highest BCUT2D eigenvalue weighted by molar-refractivity contribution is 8.13. The lowest BCUT2D eigenvalue weighted by molar-refractivity contribution is 1.08. The maximum Gasteiger partial charge on any atom is 0.185 e. The van der Waals surface area contributed by atoms with Gasteiger partial charge >= 0.3 is 0 Å². The molecule has 0 saturated heterocycles. The first-order valence-electron chi connectivity index (χ1n) is 4.38. The molecule has 1 rings (SSSR count). The van der Waals surface area contributed by atoms with Gasteiger partial charge in [-0.05, 0) is 5.56 Å². The summed E-state index contributed by atoms with van der Waals surface area (Å²) >= 11 is 1.48. The fraction of sp³-hybridized carbons (Fsp3) is 0.100. The molecule has 4 nitrogen and oxygen atoms in total. The number of nitrogens with zero attached hydrogens (tertiary/aromatic N) is 1. The summed E-state index contributed by atoms with van der Waals surface area (Å²) in [6, 6.07) is 10.0. The summed E-state index contributed by atoms with van der Waals surface area (Å²) in [6.07, 6.45) is 0. The fourth-order valence-corrected chi connectivity index (χ4v) is 1.74. The molecule has 1 aromatic carbocycles. The van der Waals surface area contributed by atoms with Gasteiger partial charge in [0.15, 0.2) is 5.17 Å². The van der Waals surface area contributed by atoms with Crippen LogP contribution in [0.1, 0.15) is 5.56 Å². The third-order valence-corrected chi connectivity index (χ3v) is 2.56. The van der Waals surface area contributed by atoms with E-state index in [0.29, 0.717) is 11.0 Å². The van der Waals surface area contributed by atoms with Crippen LogP contribution in [0.25, 0.3) is 0 Å². The topological polar surface area (TPSA) is 76.4 Å². The minimum atomic E-state index is 0.333. The highest BCUT2D eigenvalue weighted by Gasteiger charge is 2.00. The number of nitrogens with one attached hydrogen (secondary N) is 1. The Hall–Kier alpha value is -1.62. The third kappa shape index (κ3) is 4.42. The van der Waals surface area contributed by atoms with E-state index in [4.69, 9.17) is 11.6 Å². The summed E-state index contributed by atoms with van der Waals surface area (Å²) in [5.41, 5.74) is 6.58. The molecule has 0 atom stereocenters. The number of rotatable bonds is 3. The van der Waals surface area contributed by atoms with Crippen LogP contribution in [-0.4, -0.2) is 5.17 Å². The van der Waals surface area contributed by atoms with Crippen molar-refractivity contribution in [3.63, 3.8) is 0 Å². The van der Waals surface area contributed by atoms with Crippen molar-refractivity contribution in [3.05, 3.63) is 48.3 Å². The van der Waals surface area contributed by atoms with Gasteiger partial charge in [0.1, 0.15) is 0 Å². The summed E-state index contributed by atoms with van der Waals surface area (Å²) in [5.74, 6) is 6.32. The largest absolute Gasteiger partial charge is 0.386 e. The summed E-state index contributed by atoms with van der Waals surface area (Å²) in [4.78, 5) is 0. The average molecular weight is 222 g/mol. The van der Waals surface area contributed by atoms with E-state index in [2.05, 4.69) is 17.0 Å². The van der Waals surface area contributed by atoms with Gasteiger partial charge in [-0.1, -0.05) is 48.7 Å². The Bertz CT molecular complexity index is 348. The highest BCUT2D eigenvalue weighted by atomic mass is 32.2. The second kappa shape index (κ2) is 5.98. The Kier molecular flexibility index (Phi) is 4.56. The molecule has 0 fully saturated rings. The summed E-state index contributed by atoms with van der Waals surface area (Å²) in [6.45, 7) is 3.51. The first kappa shape index (κ1) is 11.5. The molecule has 0 radical (unpaired) electrons. The maximum atomic E-state index is 5.38. The molecule has 0 aliphatic heterocycles. The zero-order chi connectivity index (χ0) is 11.1. The number of benzene rings is 1. The van der Waals surface area contributed by atoms with Crippen LogP contribution >= 0.6 is 11.8 Å². The lowest BCUT2D eigenvalue weighted by Gasteiger charge is -2.06. The summed E-state index contributed by atoms with van der Waals surface area (Å²) in [7, 11) is 0. The first-order valence-corrected chi connectivity index (χ1v) is 5.37. The molecule has 5 N–H and O–H groups in total. The van der Waals surface area contributed by atoms with Crippen LogP contribution in [-0.2, 0) is 5.75 Å². The molecule has 0 unspecified atom stereocenters. The summed E-state index contributed by atoms with van der Waals surface area (Å²) < 4.78 is 0. The second-order valence-electron chi connectivity index (χ2n) is 2.86. The molecule has 0 aliphatic rings. The Morgan fingerprint density at radius 1 is 1.40 bits per heavy atom. The number of amidine groups is 1. The monoisotopic (exact) mass is 222 g/mol. The lowest BCUT2D eigenvalue weighted by atomic mass is 10.2. The van der Waals surface area contributed by atoms with Crippen LogP contribution in [0.5, 0.6) is 0 Å². The number of hydrogen-bond donors (Lipinski definition) is 3. The van der Waals surface area contributed by atoms with E-state index in [0.717, 1.165) is 5.75 Å². The van der Waals surface area contributed by atoms with E-state index in [-0.39, 0.29) is 0 Å². The van der Waals surface area contributed by atoms with Gasteiger partial charge in [0.05, 0.1) is 5.82 Å². The predicted octanol–water partition coefficient (Wildman–Crippen LogP) is 1.17. The molecule has 1 aromatic rings. The van der Waals surface area contributed by atoms with Crippen LogP contribution < -0.4 is 16.9 Å². The lowest BCUT2D eigenvalue weighted by Crippen LogP contribution is -2.25. The number of hydrogen-bond acceptors (Lipinski definition) is 4. The van der Waals surface area contributed by atoms with Crippen LogP contribution in [0.4, 0.5) is 0 Å². The molecule has 0 saturated carbocycles. The minimum absolute atomic E-state index is 0.333. The molecule has 0 aliphatic carbocycles. The van der Waals surface area contributed by atoms with E-state index >= 15 is 0 Å². The van der Waals surface area contributed by atoms with E-state index in [1.807, 2.05) is 30.3 Å². The average Bonchev–Trinajstić information content (AvgIpc) is 2.25. The van der Waals surface area contributed by atoms with E-state index in [1.54, 1.807) is 0 Å². The SMILES string of the molecule is C=C(N)N/C(=N\N)SCc1ccccc1. The number of nitrogens with two attached hydrogens (primary N) is 2. The third-order valence-electron chi connectivity index (χ3n) is 1.60. The predicted molar refractivity (Wildman–Crippen MR) is 65.8 cm³/mol. The first-order chi connectivity index (χ1) is 7.22. The Balaban J connectivity index is 2.45. The fourth-order valence-electron chi connectivity index (χ4n) is 0.969. The van der Waals surface area contributed by atoms with Crippen molar-refractivity contribution in [1.29, 1.82) is 0 Å². The molecular weight excluding hydrogens is 208 g/mol. The van der Waals surface area contributed by atoms with E-state index in [1.165, 1.54) is 17.3 Å². The molecule has 0 spiro atoms. The molecule has 5 heteroatoms. The number of thioether (sulfide) groups is 1. The zero-order valence-corrected chi connectivity index (χ0v) is 9.13. The molecule has 0 heterocycles. The van der Waals surface area contributed by atoms with E-state index in [9.17, 15) is 0 Å². The quantitative estimate of drug-likeness (QED) is 0.310. The smallest absolute Gasteiger partial charge is 0.185 e. The van der Waals surface area contributed by atoms with Crippen molar-refractivity contribution in [2.75, 3.05) is 0 Å². The van der Waals surface area contributed by atoms with Gasteiger partial charge in [0, 0.05) is 5.75 Å². The second-order valence-corrected chi connectivity index (χ2v) is 3.82. The Labute approximate surface area is 93.4 Å². The molecular formula is C10H14N4S. The Morgan fingerprint density at radius 2 is 2.07 bits per heavy atom. The van der Waals surface area contributed by atoms with Crippen molar-refractivity contribution < 1.29 is 0 Å². The van der Waals surface area contributed by atoms with Crippen molar-refractivity contribution in [2.24, 2.45) is 16.7 Å². The van der Waals surface area contributed by atoms with Gasteiger partial charge in [-0.3, -0.25) is 0 Å². The maximum absolute atomic E-state index is 5.38. The highest BCUT2D eigenvalue weighted by Crippen LogP contribution is 2.12. The molecule has 0 aromatic heterocycles. The van der Waals surface area contributed by atoms with Gasteiger partial charge in [-0.15, -0.1) is 0 Å². The number of hydrazone groups is 1. The van der Waals surface area contributed by atoms with E-state index < -0.39 is 0 Å². The Morgan fingerprint density at radius 3 is 2.60 bits per heavy atom. The van der Waals surface area contributed by atoms with Gasteiger partial charge < -0.3 is 16.9 Å². The van der Waals surface area contributed by atoms with Crippen LogP contribution in [0.2, 0.25) is 0 Å². The van der Waals surface area contributed by atoms with Crippen LogP contribution in [0.15, 0.2) is 47.8 Å². The van der Waals surface area contributed by atoms with Crippen LogP contribution in [0, 0.1) is 0 Å². The van der Waals surface area contributed by atoms with Gasteiger partial charge in [-0.2, -0.15) is 5.10 Å². The van der Waals surface area contributed by atoms with Crippen molar-refractivity contribution in [2.45, 2.75) is 5.75 Å². The van der Waals surface area contributed by atoms with Gasteiger partial charge in [0.2, 0.25) is 0 Å². The zero-order valence-electron chi connectivity index (χ0n) is 8.31. The van der Waals surface area contributed by atoms with Crippen LogP contribution in [0.3, 0.4) is 0 Å². The van der Waals surface area contributed by atoms with Gasteiger partial charge in [-0.25, -0.2) is 0 Å². The van der Waals surface area contributed by atoms with Crippen molar-refractivity contribution >= 4 is 16.9 Å². The molecule has 0 amide bonds. The van der Waals surface area contributed by atoms with Crippen molar-refractivity contribution in [3.8, 4) is 0 Å². The van der Waals surface area contributed by atoms with Gasteiger partial charge in [0.25, 0.3) is 0 Å². The normalized spacial score (nSPS) is 11.1. The molecule has 0 bridgehead atoms. The van der Waals surface area contributed by atoms with Crippen molar-refractivity contribution in [1.82, 2.24) is 5.32 Å². The summed E-state index contributed by atoms with van der Waals surface area (Å²) in [5, 5.41) is 6.90. The standard InChI is InChI=1S/C10H14N4S/c1-8(11)13-10(14-12)15-7-9-5-3-2-4-6-9/h2-6H,1,7,11-12H2,(H,13,14). The molecule has 15 heavy (non-hydrogen) atoms.